The van der Waals surface area contributed by atoms with Gasteiger partial charge in [-0.15, -0.1) is 0 Å². The van der Waals surface area contributed by atoms with Crippen LogP contribution >= 0.6 is 0 Å². The first-order chi connectivity index (χ1) is 10.5. The first kappa shape index (κ1) is 16.8. The molecule has 5 nitrogen and oxygen atoms in total. The Hall–Kier alpha value is -1.59. The normalized spacial score (nSPS) is 17.7. The highest BCUT2D eigenvalue weighted by Gasteiger charge is 2.18. The second-order valence-corrected chi connectivity index (χ2v) is 6.20. The molecule has 1 aromatic carbocycles. The zero-order valence-corrected chi connectivity index (χ0v) is 13.8. The van der Waals surface area contributed by atoms with Crippen LogP contribution in [0.1, 0.15) is 24.8 Å². The lowest BCUT2D eigenvalue weighted by Gasteiger charge is -2.16. The van der Waals surface area contributed by atoms with Gasteiger partial charge in [0.15, 0.2) is 0 Å². The molecule has 1 saturated heterocycles. The molecule has 122 valence electrons. The lowest BCUT2D eigenvalue weighted by atomic mass is 10.1. The summed E-state index contributed by atoms with van der Waals surface area (Å²) in [7, 11) is 4.02. The average molecular weight is 305 g/mol. The van der Waals surface area contributed by atoms with Crippen molar-refractivity contribution in [3.8, 4) is 5.75 Å². The number of hydrogen-bond donors (Lipinski definition) is 2. The maximum atomic E-state index is 12.2. The Balaban J connectivity index is 1.94. The monoisotopic (exact) mass is 305 g/mol. The van der Waals surface area contributed by atoms with Crippen molar-refractivity contribution in [1.29, 1.82) is 0 Å². The first-order valence-corrected chi connectivity index (χ1v) is 7.96. The summed E-state index contributed by atoms with van der Waals surface area (Å²) in [6, 6.07) is 6.19. The molecular weight excluding hydrogens is 278 g/mol. The van der Waals surface area contributed by atoms with Crippen molar-refractivity contribution in [1.82, 2.24) is 10.2 Å². The van der Waals surface area contributed by atoms with E-state index < -0.39 is 0 Å². The van der Waals surface area contributed by atoms with Crippen molar-refractivity contribution < 1.29 is 9.53 Å². The molecule has 1 aliphatic heterocycles. The highest BCUT2D eigenvalue weighted by Crippen LogP contribution is 2.26. The largest absolute Gasteiger partial charge is 0.490 e. The van der Waals surface area contributed by atoms with E-state index in [0.29, 0.717) is 19.1 Å². The first-order valence-electron chi connectivity index (χ1n) is 7.96. The highest BCUT2D eigenvalue weighted by molar-refractivity contribution is 5.92. The minimum absolute atomic E-state index is 0.0423. The van der Waals surface area contributed by atoms with Crippen LogP contribution in [0.5, 0.6) is 5.75 Å². The van der Waals surface area contributed by atoms with Crippen LogP contribution in [0.15, 0.2) is 18.2 Å². The van der Waals surface area contributed by atoms with Crippen LogP contribution in [0.2, 0.25) is 0 Å². The summed E-state index contributed by atoms with van der Waals surface area (Å²) in [5, 5.41) is 6.33. The van der Waals surface area contributed by atoms with Crippen molar-refractivity contribution in [2.75, 3.05) is 39.1 Å². The van der Waals surface area contributed by atoms with Crippen LogP contribution < -0.4 is 15.4 Å². The van der Waals surface area contributed by atoms with E-state index in [9.17, 15) is 4.79 Å². The number of anilines is 1. The fourth-order valence-corrected chi connectivity index (χ4v) is 2.55. The van der Waals surface area contributed by atoms with E-state index >= 15 is 0 Å². The number of amides is 1. The van der Waals surface area contributed by atoms with E-state index in [0.717, 1.165) is 42.9 Å². The zero-order valence-electron chi connectivity index (χ0n) is 13.8. The van der Waals surface area contributed by atoms with Crippen LogP contribution in [0.4, 0.5) is 5.69 Å². The number of nitrogens with zero attached hydrogens (tertiary/aromatic N) is 1. The Morgan fingerprint density at radius 3 is 2.95 bits per heavy atom. The second-order valence-electron chi connectivity index (χ2n) is 6.20. The van der Waals surface area contributed by atoms with E-state index in [2.05, 4.69) is 15.5 Å². The zero-order chi connectivity index (χ0) is 15.9. The van der Waals surface area contributed by atoms with Gasteiger partial charge < -0.3 is 20.3 Å². The molecular formula is C17H27N3O2. The van der Waals surface area contributed by atoms with Gasteiger partial charge in [0, 0.05) is 19.0 Å². The lowest BCUT2D eigenvalue weighted by molar-refractivity contribution is -0.116. The average Bonchev–Trinajstić information content (AvgIpc) is 2.94. The SMILES string of the molecule is Cc1ccc(NC(=O)CC2CCCN2)c(OCCN(C)C)c1. The van der Waals surface area contributed by atoms with Gasteiger partial charge >= 0.3 is 0 Å². The fraction of sp³-hybridized carbons (Fsp3) is 0.588. The number of benzene rings is 1. The van der Waals surface area contributed by atoms with Crippen LogP contribution in [0, 0.1) is 6.92 Å². The summed E-state index contributed by atoms with van der Waals surface area (Å²) in [6.45, 7) is 4.48. The van der Waals surface area contributed by atoms with Crippen LogP contribution in [0.3, 0.4) is 0 Å². The summed E-state index contributed by atoms with van der Waals surface area (Å²) in [5.41, 5.74) is 1.88. The Kier molecular flexibility index (Phi) is 6.21. The second kappa shape index (κ2) is 8.15. The number of nitrogens with one attached hydrogen (secondary N) is 2. The molecule has 1 fully saturated rings. The number of hydrogen-bond acceptors (Lipinski definition) is 4. The summed E-state index contributed by atoms with van der Waals surface area (Å²) in [4.78, 5) is 14.2. The highest BCUT2D eigenvalue weighted by atomic mass is 16.5. The molecule has 1 aliphatic rings. The molecule has 1 aromatic rings. The van der Waals surface area contributed by atoms with Crippen molar-refractivity contribution in [3.63, 3.8) is 0 Å². The van der Waals surface area contributed by atoms with E-state index in [1.165, 1.54) is 0 Å². The van der Waals surface area contributed by atoms with Gasteiger partial charge in [0.1, 0.15) is 12.4 Å². The Bertz CT molecular complexity index is 497. The van der Waals surface area contributed by atoms with Crippen molar-refractivity contribution >= 4 is 11.6 Å². The quantitative estimate of drug-likeness (QED) is 0.809. The predicted octanol–water partition coefficient (Wildman–Crippen LogP) is 2.02. The number of carbonyl (C=O) groups excluding carboxylic acids is 1. The van der Waals surface area contributed by atoms with E-state index in [-0.39, 0.29) is 5.91 Å². The van der Waals surface area contributed by atoms with Crippen molar-refractivity contribution in [2.24, 2.45) is 0 Å². The minimum atomic E-state index is 0.0423. The number of likely N-dealkylation sites (N-methyl/N-ethyl adjacent to an activating group) is 1. The smallest absolute Gasteiger partial charge is 0.226 e. The summed E-state index contributed by atoms with van der Waals surface area (Å²) < 4.78 is 5.83. The van der Waals surface area contributed by atoms with Gasteiger partial charge in [0.05, 0.1) is 5.69 Å². The molecule has 22 heavy (non-hydrogen) atoms. The van der Waals surface area contributed by atoms with Gasteiger partial charge in [-0.25, -0.2) is 0 Å². The molecule has 1 unspecified atom stereocenters. The van der Waals surface area contributed by atoms with E-state index in [1.54, 1.807) is 0 Å². The third-order valence-electron chi connectivity index (χ3n) is 3.80. The van der Waals surface area contributed by atoms with Crippen LogP contribution in [-0.4, -0.2) is 50.6 Å². The standard InChI is InChI=1S/C17H27N3O2/c1-13-6-7-15(16(11-13)22-10-9-20(2)3)19-17(21)12-14-5-4-8-18-14/h6-7,11,14,18H,4-5,8-10,12H2,1-3H3,(H,19,21). The van der Waals surface area contributed by atoms with Gasteiger partial charge in [0.25, 0.3) is 0 Å². The summed E-state index contributed by atoms with van der Waals surface area (Å²) in [5.74, 6) is 0.787. The maximum Gasteiger partial charge on any atom is 0.226 e. The molecule has 2 N–H and O–H groups in total. The third-order valence-corrected chi connectivity index (χ3v) is 3.80. The van der Waals surface area contributed by atoms with Crippen LogP contribution in [-0.2, 0) is 4.79 Å². The molecule has 1 atom stereocenters. The fourth-order valence-electron chi connectivity index (χ4n) is 2.55. The summed E-state index contributed by atoms with van der Waals surface area (Å²) >= 11 is 0. The molecule has 5 heteroatoms. The molecule has 1 heterocycles. The van der Waals surface area contributed by atoms with Gasteiger partial charge in [-0.1, -0.05) is 6.07 Å². The Morgan fingerprint density at radius 2 is 2.27 bits per heavy atom. The Morgan fingerprint density at radius 1 is 1.45 bits per heavy atom. The van der Waals surface area contributed by atoms with Gasteiger partial charge in [-0.3, -0.25) is 4.79 Å². The van der Waals surface area contributed by atoms with Gasteiger partial charge in [-0.2, -0.15) is 0 Å². The minimum Gasteiger partial charge on any atom is -0.490 e. The molecule has 0 spiro atoms. The van der Waals surface area contributed by atoms with E-state index in [1.807, 2.05) is 39.2 Å². The topological polar surface area (TPSA) is 53.6 Å². The summed E-state index contributed by atoms with van der Waals surface area (Å²) in [6.07, 6.45) is 2.75. The molecule has 0 aromatic heterocycles. The molecule has 0 saturated carbocycles. The predicted molar refractivity (Wildman–Crippen MR) is 89.5 cm³/mol. The molecule has 2 rings (SSSR count). The van der Waals surface area contributed by atoms with E-state index in [4.69, 9.17) is 4.74 Å². The number of rotatable bonds is 7. The maximum absolute atomic E-state index is 12.2. The molecule has 0 radical (unpaired) electrons. The number of ether oxygens (including phenoxy) is 1. The number of aryl methyl sites for hydroxylation is 1. The van der Waals surface area contributed by atoms with Crippen LogP contribution in [0.25, 0.3) is 0 Å². The third kappa shape index (κ3) is 5.31. The van der Waals surface area contributed by atoms with Crippen molar-refractivity contribution in [3.05, 3.63) is 23.8 Å². The van der Waals surface area contributed by atoms with Crippen molar-refractivity contribution in [2.45, 2.75) is 32.2 Å². The molecule has 0 bridgehead atoms. The molecule has 1 amide bonds. The number of carbonyl (C=O) groups is 1. The lowest BCUT2D eigenvalue weighted by Crippen LogP contribution is -2.27. The van der Waals surface area contributed by atoms with Gasteiger partial charge in [0.2, 0.25) is 5.91 Å². The van der Waals surface area contributed by atoms with Gasteiger partial charge in [-0.05, 0) is 58.1 Å². The molecule has 0 aliphatic carbocycles. The Labute approximate surface area is 133 Å².